The number of fused-ring (bicyclic) bond motifs is 1. The summed E-state index contributed by atoms with van der Waals surface area (Å²) < 4.78 is 81.8. The van der Waals surface area contributed by atoms with Crippen molar-refractivity contribution in [1.82, 2.24) is 19.4 Å². The molecule has 14 heteroatoms. The predicted octanol–water partition coefficient (Wildman–Crippen LogP) is 3.25. The van der Waals surface area contributed by atoms with Gasteiger partial charge in [-0.1, -0.05) is 20.8 Å². The van der Waals surface area contributed by atoms with E-state index in [0.717, 1.165) is 24.7 Å². The van der Waals surface area contributed by atoms with E-state index in [1.807, 2.05) is 0 Å². The zero-order valence-corrected chi connectivity index (χ0v) is 19.5. The van der Waals surface area contributed by atoms with Crippen LogP contribution in [0.1, 0.15) is 36.8 Å². The van der Waals surface area contributed by atoms with Gasteiger partial charge in [-0.3, -0.25) is 14.2 Å². The first kappa shape index (κ1) is 24.8. The van der Waals surface area contributed by atoms with Gasteiger partial charge in [-0.15, -0.1) is 0 Å². The second kappa shape index (κ2) is 8.82. The average Bonchev–Trinajstić information content (AvgIpc) is 3.21. The molecule has 0 bridgehead atoms. The molecule has 0 saturated heterocycles. The van der Waals surface area contributed by atoms with Crippen LogP contribution in [0.15, 0.2) is 40.1 Å². The Morgan fingerprint density at radius 2 is 1.73 bits per heavy atom. The second-order valence-corrected chi connectivity index (χ2v) is 12.0. The molecule has 0 aliphatic rings. The number of rotatable bonds is 6. The van der Waals surface area contributed by atoms with Gasteiger partial charge < -0.3 is 0 Å². The Morgan fingerprint density at radius 1 is 1.06 bits per heavy atom. The van der Waals surface area contributed by atoms with Crippen LogP contribution in [0.5, 0.6) is 0 Å². The third kappa shape index (κ3) is 5.05. The summed E-state index contributed by atoms with van der Waals surface area (Å²) in [5.74, 6) is -0.902. The summed E-state index contributed by atoms with van der Waals surface area (Å²) in [5.41, 5.74) is -1.61. The molecule has 0 radical (unpaired) electrons. The fourth-order valence-electron chi connectivity index (χ4n) is 2.84. The molecular weight excluding hydrogens is 483 g/mol. The molecule has 0 atom stereocenters. The Hall–Kier alpha value is -2.87. The van der Waals surface area contributed by atoms with Crippen molar-refractivity contribution >= 4 is 31.1 Å². The maximum atomic E-state index is 12.9. The number of imidazole rings is 1. The van der Waals surface area contributed by atoms with E-state index in [1.165, 1.54) is 17.5 Å². The standard InChI is InChI=1S/C19H20F3N5O4S2/c1-4-32(29,5-2)26-18(28)12-7-14(33(30,31)6-3)17(23-9-12)13-10-27-11-24-15(19(20,21)22)8-16(27)25-13/h7-11H,4-6H2,1-3H3. The summed E-state index contributed by atoms with van der Waals surface area (Å²) in [6.07, 6.45) is -1.41. The normalized spacial score (nSPS) is 12.8. The quantitative estimate of drug-likeness (QED) is 0.506. The summed E-state index contributed by atoms with van der Waals surface area (Å²) in [6, 6.07) is 1.79. The minimum atomic E-state index is -4.68. The zero-order chi connectivity index (χ0) is 24.6. The number of hydrogen-bond donors (Lipinski definition) is 0. The van der Waals surface area contributed by atoms with Crippen molar-refractivity contribution in [2.45, 2.75) is 31.8 Å². The summed E-state index contributed by atoms with van der Waals surface area (Å²) in [6.45, 7) is 4.64. The second-order valence-electron chi connectivity index (χ2n) is 6.88. The highest BCUT2D eigenvalue weighted by Gasteiger charge is 2.33. The van der Waals surface area contributed by atoms with Crippen LogP contribution in [0.3, 0.4) is 0 Å². The number of sulfone groups is 1. The fraction of sp³-hybridized carbons (Fsp3) is 0.368. The summed E-state index contributed by atoms with van der Waals surface area (Å²) in [7, 11) is -6.71. The number of amides is 1. The van der Waals surface area contributed by atoms with E-state index in [9.17, 15) is 30.6 Å². The summed E-state index contributed by atoms with van der Waals surface area (Å²) in [4.78, 5) is 23.7. The lowest BCUT2D eigenvalue weighted by Gasteiger charge is -2.09. The minimum Gasteiger partial charge on any atom is -0.290 e. The highest BCUT2D eigenvalue weighted by Crippen LogP contribution is 2.30. The van der Waals surface area contributed by atoms with E-state index in [-0.39, 0.29) is 44.8 Å². The van der Waals surface area contributed by atoms with Gasteiger partial charge >= 0.3 is 6.18 Å². The van der Waals surface area contributed by atoms with E-state index in [4.69, 9.17) is 0 Å². The number of hydrogen-bond acceptors (Lipinski definition) is 7. The number of pyridine rings is 1. The van der Waals surface area contributed by atoms with Gasteiger partial charge in [-0.2, -0.15) is 17.5 Å². The van der Waals surface area contributed by atoms with Gasteiger partial charge in [0.15, 0.2) is 9.84 Å². The minimum absolute atomic E-state index is 0.0231. The fourth-order valence-corrected chi connectivity index (χ4v) is 4.99. The van der Waals surface area contributed by atoms with E-state index in [1.54, 1.807) is 13.8 Å². The Balaban J connectivity index is 2.19. The molecular formula is C19H20F3N5O4S2. The van der Waals surface area contributed by atoms with Crippen molar-refractivity contribution in [1.29, 1.82) is 0 Å². The molecule has 9 nitrogen and oxygen atoms in total. The lowest BCUT2D eigenvalue weighted by Crippen LogP contribution is -2.12. The van der Waals surface area contributed by atoms with E-state index in [2.05, 4.69) is 19.3 Å². The van der Waals surface area contributed by atoms with Gasteiger partial charge in [0.1, 0.15) is 29.1 Å². The topological polar surface area (TPSA) is 124 Å². The first-order valence-corrected chi connectivity index (χ1v) is 13.3. The van der Waals surface area contributed by atoms with Crippen molar-refractivity contribution in [3.05, 3.63) is 42.1 Å². The van der Waals surface area contributed by atoms with Crippen molar-refractivity contribution in [3.8, 4) is 11.4 Å². The molecule has 1 amide bonds. The Morgan fingerprint density at radius 3 is 2.30 bits per heavy atom. The Kier molecular flexibility index (Phi) is 6.62. The number of nitrogens with zero attached hydrogens (tertiary/aromatic N) is 5. The highest BCUT2D eigenvalue weighted by molar-refractivity contribution is 7.93. The van der Waals surface area contributed by atoms with Crippen LogP contribution < -0.4 is 0 Å². The lowest BCUT2D eigenvalue weighted by molar-refractivity contribution is -0.141. The molecule has 0 spiro atoms. The van der Waals surface area contributed by atoms with Crippen LogP contribution in [-0.4, -0.2) is 55.1 Å². The van der Waals surface area contributed by atoms with Gasteiger partial charge in [0.2, 0.25) is 0 Å². The lowest BCUT2D eigenvalue weighted by atomic mass is 10.2. The van der Waals surface area contributed by atoms with E-state index >= 15 is 0 Å². The maximum absolute atomic E-state index is 12.9. The monoisotopic (exact) mass is 503 g/mol. The van der Waals surface area contributed by atoms with Crippen molar-refractivity contribution in [3.63, 3.8) is 0 Å². The van der Waals surface area contributed by atoms with Crippen LogP contribution >= 0.6 is 0 Å². The third-order valence-electron chi connectivity index (χ3n) is 4.85. The first-order chi connectivity index (χ1) is 15.3. The predicted molar refractivity (Wildman–Crippen MR) is 115 cm³/mol. The van der Waals surface area contributed by atoms with Gasteiger partial charge in [0, 0.05) is 30.0 Å². The summed E-state index contributed by atoms with van der Waals surface area (Å²) in [5, 5.41) is 0. The SMILES string of the molecule is CCS(=O)(=O)c1cc(C(=O)N=S(=O)(CC)CC)cnc1-c1cn2cnc(C(F)(F)F)cc2n1. The maximum Gasteiger partial charge on any atom is 0.433 e. The van der Waals surface area contributed by atoms with Crippen LogP contribution in [0, 0.1) is 0 Å². The molecule has 178 valence electrons. The molecule has 33 heavy (non-hydrogen) atoms. The van der Waals surface area contributed by atoms with Crippen molar-refractivity contribution in [2.75, 3.05) is 17.3 Å². The number of carbonyl (C=O) groups excluding carboxylic acids is 1. The molecule has 0 aliphatic carbocycles. The van der Waals surface area contributed by atoms with Crippen molar-refractivity contribution < 1.29 is 30.6 Å². The smallest absolute Gasteiger partial charge is 0.290 e. The van der Waals surface area contributed by atoms with Crippen LogP contribution in [0.4, 0.5) is 13.2 Å². The van der Waals surface area contributed by atoms with Gasteiger partial charge in [0.05, 0.1) is 25.9 Å². The molecule has 0 fully saturated rings. The molecule has 0 aromatic carbocycles. The van der Waals surface area contributed by atoms with Crippen LogP contribution in [-0.2, 0) is 25.7 Å². The molecule has 0 aliphatic heterocycles. The summed E-state index contributed by atoms with van der Waals surface area (Å²) >= 11 is 0. The van der Waals surface area contributed by atoms with Crippen LogP contribution in [0.2, 0.25) is 0 Å². The van der Waals surface area contributed by atoms with E-state index in [0.29, 0.717) is 0 Å². The van der Waals surface area contributed by atoms with Gasteiger partial charge in [-0.25, -0.2) is 22.6 Å². The van der Waals surface area contributed by atoms with E-state index < -0.39 is 37.3 Å². The number of halogens is 3. The molecule has 3 aromatic rings. The Bertz CT molecular complexity index is 1450. The zero-order valence-electron chi connectivity index (χ0n) is 17.8. The highest BCUT2D eigenvalue weighted by atomic mass is 32.2. The average molecular weight is 504 g/mol. The Labute approximate surface area is 188 Å². The molecule has 3 rings (SSSR count). The first-order valence-electron chi connectivity index (χ1n) is 9.75. The molecule has 3 heterocycles. The van der Waals surface area contributed by atoms with Crippen LogP contribution in [0.25, 0.3) is 17.0 Å². The molecule has 0 unspecified atom stereocenters. The number of carbonyl (C=O) groups is 1. The van der Waals surface area contributed by atoms with Crippen molar-refractivity contribution in [2.24, 2.45) is 4.36 Å². The number of alkyl halides is 3. The third-order valence-corrected chi connectivity index (χ3v) is 8.89. The largest absolute Gasteiger partial charge is 0.433 e. The van der Waals surface area contributed by atoms with Gasteiger partial charge in [-0.05, 0) is 6.07 Å². The molecule has 0 saturated carbocycles. The molecule has 3 aromatic heterocycles. The molecule has 0 N–H and O–H groups in total. The van der Waals surface area contributed by atoms with Gasteiger partial charge in [0.25, 0.3) is 5.91 Å². The number of aromatic nitrogens is 4.